The third-order valence-electron chi connectivity index (χ3n) is 4.59. The van der Waals surface area contributed by atoms with Crippen molar-refractivity contribution in [3.05, 3.63) is 66.4 Å². The smallest absolute Gasteiger partial charge is 0.346 e. The van der Waals surface area contributed by atoms with Gasteiger partial charge in [0.1, 0.15) is 6.54 Å². The predicted molar refractivity (Wildman–Crippen MR) is 118 cm³/mol. The number of hydrogen-bond donors (Lipinski definition) is 2. The van der Waals surface area contributed by atoms with Crippen LogP contribution >= 0.6 is 0 Å². The van der Waals surface area contributed by atoms with E-state index in [1.807, 2.05) is 35.0 Å². The number of nitriles is 1. The molecule has 3 rings (SSSR count). The molecule has 0 saturated heterocycles. The molecule has 1 aromatic heterocycles. The zero-order chi connectivity index (χ0) is 24.1. The van der Waals surface area contributed by atoms with Crippen LogP contribution in [0, 0.1) is 11.3 Å². The first-order valence-corrected chi connectivity index (χ1v) is 11.2. The first-order valence-electron chi connectivity index (χ1n) is 9.69. The molecule has 0 aliphatic heterocycles. The molecule has 7 nitrogen and oxygen atoms in total. The third-order valence-corrected chi connectivity index (χ3v) is 6.01. The van der Waals surface area contributed by atoms with E-state index in [2.05, 4.69) is 11.4 Å². The van der Waals surface area contributed by atoms with Gasteiger partial charge in [-0.05, 0) is 36.4 Å². The van der Waals surface area contributed by atoms with Crippen molar-refractivity contribution >= 4 is 38.6 Å². The lowest BCUT2D eigenvalue weighted by Gasteiger charge is -2.10. The van der Waals surface area contributed by atoms with E-state index in [1.54, 1.807) is 6.08 Å². The summed E-state index contributed by atoms with van der Waals surface area (Å²) in [5, 5.41) is 12.3. The summed E-state index contributed by atoms with van der Waals surface area (Å²) in [7, 11) is -4.33. The third kappa shape index (κ3) is 6.44. The molecule has 2 aromatic carbocycles. The maximum atomic E-state index is 12.3. The predicted octanol–water partition coefficient (Wildman–Crippen LogP) is 4.05. The molecule has 0 bridgehead atoms. The maximum absolute atomic E-state index is 12.3. The summed E-state index contributed by atoms with van der Waals surface area (Å²) < 4.78 is 64.0. The number of amides is 1. The number of rotatable bonds is 8. The summed E-state index contributed by atoms with van der Waals surface area (Å²) in [6.07, 6.45) is 0.459. The van der Waals surface area contributed by atoms with Crippen LogP contribution in [-0.4, -0.2) is 31.6 Å². The van der Waals surface area contributed by atoms with Crippen LogP contribution in [-0.2, 0) is 21.4 Å². The van der Waals surface area contributed by atoms with E-state index in [-0.39, 0.29) is 10.6 Å². The topological polar surface area (TPSA) is 104 Å². The molecule has 0 radical (unpaired) electrons. The molecule has 0 aliphatic carbocycles. The molecular formula is C22H19F3N4O3S. The molecule has 33 heavy (non-hydrogen) atoms. The summed E-state index contributed by atoms with van der Waals surface area (Å²) in [6, 6.07) is 14.4. The van der Waals surface area contributed by atoms with Crippen LogP contribution in [0.5, 0.6) is 0 Å². The number of hydrogen-bond acceptors (Lipinski definition) is 4. The quantitative estimate of drug-likeness (QED) is 0.479. The number of carbonyl (C=O) groups is 1. The summed E-state index contributed by atoms with van der Waals surface area (Å²) in [5.74, 6) is -0.477. The fourth-order valence-corrected chi connectivity index (χ4v) is 4.11. The van der Waals surface area contributed by atoms with Gasteiger partial charge in [-0.1, -0.05) is 18.2 Å². The highest BCUT2D eigenvalue weighted by atomic mass is 32.2. The van der Waals surface area contributed by atoms with Crippen molar-refractivity contribution in [2.24, 2.45) is 0 Å². The van der Waals surface area contributed by atoms with Gasteiger partial charge in [-0.3, -0.25) is 4.79 Å². The molecule has 1 amide bonds. The number of aromatic nitrogens is 1. The lowest BCUT2D eigenvalue weighted by atomic mass is 10.1. The molecule has 0 aliphatic rings. The van der Waals surface area contributed by atoms with E-state index < -0.39 is 28.7 Å². The van der Waals surface area contributed by atoms with Crippen molar-refractivity contribution in [3.8, 4) is 6.07 Å². The molecule has 0 fully saturated rings. The zero-order valence-electron chi connectivity index (χ0n) is 17.1. The first-order chi connectivity index (χ1) is 15.6. The Morgan fingerprint density at radius 1 is 1.12 bits per heavy atom. The molecule has 0 spiro atoms. The van der Waals surface area contributed by atoms with E-state index in [9.17, 15) is 26.4 Å². The number of sulfonamides is 1. The highest BCUT2D eigenvalue weighted by molar-refractivity contribution is 7.89. The van der Waals surface area contributed by atoms with Gasteiger partial charge in [0.05, 0.1) is 17.4 Å². The van der Waals surface area contributed by atoms with Gasteiger partial charge in [-0.15, -0.1) is 0 Å². The van der Waals surface area contributed by atoms with E-state index in [1.165, 1.54) is 22.9 Å². The lowest BCUT2D eigenvalue weighted by Crippen LogP contribution is -2.33. The van der Waals surface area contributed by atoms with Crippen molar-refractivity contribution in [1.82, 2.24) is 9.29 Å². The number of carbonyl (C=O) groups excluding carboxylic acids is 1. The first kappa shape index (κ1) is 24.0. The molecule has 0 atom stereocenters. The van der Waals surface area contributed by atoms with Gasteiger partial charge in [0.2, 0.25) is 15.9 Å². The monoisotopic (exact) mass is 476 g/mol. The van der Waals surface area contributed by atoms with E-state index in [4.69, 9.17) is 5.26 Å². The standard InChI is InChI=1S/C22H19F3N4O3S/c23-22(24,25)15-27-33(31,32)18-9-7-17(8-10-18)28-21(30)11-6-16-14-29(13-3-12-26)20-5-2-1-4-19(16)20/h1-2,4-11,14,27H,3,13,15H2,(H,28,30)/b11-6+. The number of benzene rings is 2. The van der Waals surface area contributed by atoms with Crippen LogP contribution in [0.4, 0.5) is 18.9 Å². The van der Waals surface area contributed by atoms with Crippen LogP contribution in [0.25, 0.3) is 17.0 Å². The van der Waals surface area contributed by atoms with Gasteiger partial charge in [0, 0.05) is 41.0 Å². The zero-order valence-corrected chi connectivity index (χ0v) is 17.9. The highest BCUT2D eigenvalue weighted by Gasteiger charge is 2.30. The average Bonchev–Trinajstić information content (AvgIpc) is 3.13. The largest absolute Gasteiger partial charge is 0.402 e. The maximum Gasteiger partial charge on any atom is 0.402 e. The van der Waals surface area contributed by atoms with Crippen molar-refractivity contribution in [1.29, 1.82) is 5.26 Å². The van der Waals surface area contributed by atoms with Gasteiger partial charge in [-0.2, -0.15) is 18.4 Å². The summed E-state index contributed by atoms with van der Waals surface area (Å²) in [5.41, 5.74) is 2.00. The van der Waals surface area contributed by atoms with Crippen molar-refractivity contribution < 1.29 is 26.4 Å². The van der Waals surface area contributed by atoms with Crippen LogP contribution in [0.2, 0.25) is 0 Å². The molecular weight excluding hydrogens is 457 g/mol. The molecule has 0 saturated carbocycles. The Kier molecular flexibility index (Phi) is 7.20. The second-order valence-electron chi connectivity index (χ2n) is 6.99. The van der Waals surface area contributed by atoms with Crippen LogP contribution in [0.15, 0.2) is 65.7 Å². The molecule has 0 unspecified atom stereocenters. The van der Waals surface area contributed by atoms with Crippen molar-refractivity contribution in [3.63, 3.8) is 0 Å². The minimum atomic E-state index is -4.67. The molecule has 172 valence electrons. The number of halogens is 3. The number of nitrogens with zero attached hydrogens (tertiary/aromatic N) is 2. The fourth-order valence-electron chi connectivity index (χ4n) is 3.09. The number of fused-ring (bicyclic) bond motifs is 1. The van der Waals surface area contributed by atoms with Gasteiger partial charge in [0.15, 0.2) is 0 Å². The SMILES string of the molecule is N#CCCn1cc(/C=C/C(=O)Nc2ccc(S(=O)(=O)NCC(F)(F)F)cc2)c2ccccc21. The second-order valence-corrected chi connectivity index (χ2v) is 8.76. The summed E-state index contributed by atoms with van der Waals surface area (Å²) in [4.78, 5) is 11.9. The molecule has 3 aromatic rings. The van der Waals surface area contributed by atoms with E-state index in [0.717, 1.165) is 28.6 Å². The van der Waals surface area contributed by atoms with Gasteiger partial charge < -0.3 is 9.88 Å². The Labute approximate surface area is 188 Å². The Balaban J connectivity index is 1.68. The van der Waals surface area contributed by atoms with E-state index in [0.29, 0.717) is 13.0 Å². The summed E-state index contributed by atoms with van der Waals surface area (Å²) >= 11 is 0. The highest BCUT2D eigenvalue weighted by Crippen LogP contribution is 2.23. The number of anilines is 1. The Bertz CT molecular complexity index is 1320. The Hall–Kier alpha value is -3.62. The Morgan fingerprint density at radius 3 is 2.48 bits per heavy atom. The van der Waals surface area contributed by atoms with Crippen LogP contribution in [0.3, 0.4) is 0 Å². The Morgan fingerprint density at radius 2 is 1.82 bits per heavy atom. The normalized spacial score (nSPS) is 12.2. The van der Waals surface area contributed by atoms with Gasteiger partial charge in [-0.25, -0.2) is 13.1 Å². The number of alkyl halides is 3. The second kappa shape index (κ2) is 9.89. The number of aryl methyl sites for hydroxylation is 1. The van der Waals surface area contributed by atoms with Crippen molar-refractivity contribution in [2.75, 3.05) is 11.9 Å². The van der Waals surface area contributed by atoms with Gasteiger partial charge >= 0.3 is 6.18 Å². The summed E-state index contributed by atoms with van der Waals surface area (Å²) in [6.45, 7) is -1.16. The molecule has 2 N–H and O–H groups in total. The number of nitrogens with one attached hydrogen (secondary N) is 2. The van der Waals surface area contributed by atoms with Crippen LogP contribution < -0.4 is 10.0 Å². The van der Waals surface area contributed by atoms with E-state index >= 15 is 0 Å². The number of para-hydroxylation sites is 1. The molecule has 1 heterocycles. The lowest BCUT2D eigenvalue weighted by molar-refractivity contribution is -0.121. The molecule has 11 heteroatoms. The average molecular weight is 476 g/mol. The fraction of sp³-hybridized carbons (Fsp3) is 0.182. The minimum Gasteiger partial charge on any atom is -0.346 e. The van der Waals surface area contributed by atoms with Gasteiger partial charge in [0.25, 0.3) is 0 Å². The van der Waals surface area contributed by atoms with Crippen molar-refractivity contribution in [2.45, 2.75) is 24.0 Å². The van der Waals surface area contributed by atoms with Crippen LogP contribution in [0.1, 0.15) is 12.0 Å². The minimum absolute atomic E-state index is 0.274.